The number of nitrogens with one attached hydrogen (secondary N) is 1. The Morgan fingerprint density at radius 2 is 2.15 bits per heavy atom. The summed E-state index contributed by atoms with van der Waals surface area (Å²) in [5.74, 6) is 0.349. The molecule has 2 heterocycles. The van der Waals surface area contributed by atoms with E-state index in [0.29, 0.717) is 18.2 Å². The monoisotopic (exact) mass is 354 g/mol. The van der Waals surface area contributed by atoms with Crippen molar-refractivity contribution in [2.24, 2.45) is 5.92 Å². The van der Waals surface area contributed by atoms with Gasteiger partial charge in [0.2, 0.25) is 0 Å². The van der Waals surface area contributed by atoms with Crippen LogP contribution in [0.1, 0.15) is 28.9 Å². The third-order valence-electron chi connectivity index (χ3n) is 4.89. The SMILES string of the molecule is CN1CCCC(CN(CCc2ccccc2)C(=O)c2c[nH]c(=O)cn2)C1. The van der Waals surface area contributed by atoms with E-state index in [1.807, 2.05) is 23.1 Å². The molecule has 6 heteroatoms. The highest BCUT2D eigenvalue weighted by atomic mass is 16.2. The van der Waals surface area contributed by atoms with E-state index in [1.54, 1.807) is 0 Å². The topological polar surface area (TPSA) is 69.3 Å². The lowest BCUT2D eigenvalue weighted by Crippen LogP contribution is -2.42. The molecular weight excluding hydrogens is 328 g/mol. The average molecular weight is 354 g/mol. The molecular formula is C20H26N4O2. The standard InChI is InChI=1S/C20H26N4O2/c1-23-10-5-8-17(14-23)15-24(11-9-16-6-3-2-4-7-16)20(26)18-12-22-19(25)13-21-18/h2-4,6-7,12-13,17H,5,8-11,14-15H2,1H3,(H,22,25). The van der Waals surface area contributed by atoms with Gasteiger partial charge in [0.05, 0.1) is 6.20 Å². The fourth-order valence-electron chi connectivity index (χ4n) is 3.54. The number of H-pyrrole nitrogens is 1. The van der Waals surface area contributed by atoms with Crippen molar-refractivity contribution in [3.8, 4) is 0 Å². The molecule has 2 aromatic rings. The molecule has 1 aliphatic heterocycles. The number of benzene rings is 1. The Morgan fingerprint density at radius 3 is 2.85 bits per heavy atom. The Labute approximate surface area is 153 Å². The number of likely N-dealkylation sites (tertiary alicyclic amines) is 1. The van der Waals surface area contributed by atoms with Crippen molar-refractivity contribution in [2.45, 2.75) is 19.3 Å². The van der Waals surface area contributed by atoms with Crippen LogP contribution in [0.2, 0.25) is 0 Å². The Morgan fingerprint density at radius 1 is 1.35 bits per heavy atom. The quantitative estimate of drug-likeness (QED) is 0.859. The van der Waals surface area contributed by atoms with Gasteiger partial charge in [0, 0.05) is 25.8 Å². The van der Waals surface area contributed by atoms with E-state index in [1.165, 1.54) is 18.2 Å². The average Bonchev–Trinajstić information content (AvgIpc) is 2.66. The molecule has 0 aliphatic carbocycles. The van der Waals surface area contributed by atoms with Crippen molar-refractivity contribution in [1.82, 2.24) is 19.8 Å². The van der Waals surface area contributed by atoms with Crippen molar-refractivity contribution in [3.05, 3.63) is 64.3 Å². The Kier molecular flexibility index (Phi) is 6.17. The lowest BCUT2D eigenvalue weighted by atomic mass is 9.97. The van der Waals surface area contributed by atoms with E-state index in [4.69, 9.17) is 0 Å². The van der Waals surface area contributed by atoms with Crippen molar-refractivity contribution in [2.75, 3.05) is 33.2 Å². The highest BCUT2D eigenvalue weighted by Crippen LogP contribution is 2.17. The third-order valence-corrected chi connectivity index (χ3v) is 4.89. The predicted octanol–water partition coefficient (Wildman–Crippen LogP) is 1.80. The molecule has 1 amide bonds. The van der Waals surface area contributed by atoms with Crippen molar-refractivity contribution in [3.63, 3.8) is 0 Å². The van der Waals surface area contributed by atoms with Crippen LogP contribution in [-0.2, 0) is 6.42 Å². The Bertz CT molecular complexity index is 754. The summed E-state index contributed by atoms with van der Waals surface area (Å²) in [7, 11) is 2.13. The molecule has 26 heavy (non-hydrogen) atoms. The fraction of sp³-hybridized carbons (Fsp3) is 0.450. The number of piperidine rings is 1. The lowest BCUT2D eigenvalue weighted by molar-refractivity contribution is 0.0687. The second kappa shape index (κ2) is 8.76. The molecule has 0 spiro atoms. The maximum Gasteiger partial charge on any atom is 0.273 e. The second-order valence-corrected chi connectivity index (χ2v) is 7.05. The van der Waals surface area contributed by atoms with Gasteiger partial charge < -0.3 is 14.8 Å². The number of hydrogen-bond donors (Lipinski definition) is 1. The van der Waals surface area contributed by atoms with Crippen LogP contribution in [-0.4, -0.2) is 58.9 Å². The zero-order valence-electron chi connectivity index (χ0n) is 15.2. The molecule has 1 aromatic carbocycles. The molecule has 1 atom stereocenters. The number of aromatic amines is 1. The van der Waals surface area contributed by atoms with E-state index in [9.17, 15) is 9.59 Å². The second-order valence-electron chi connectivity index (χ2n) is 7.05. The van der Waals surface area contributed by atoms with E-state index in [0.717, 1.165) is 38.7 Å². The van der Waals surface area contributed by atoms with Crippen LogP contribution >= 0.6 is 0 Å². The minimum atomic E-state index is -0.300. The Hall–Kier alpha value is -2.47. The van der Waals surface area contributed by atoms with Gasteiger partial charge in [-0.25, -0.2) is 4.98 Å². The summed E-state index contributed by atoms with van der Waals surface area (Å²) in [5.41, 5.74) is 1.20. The first-order chi connectivity index (χ1) is 12.6. The highest BCUT2D eigenvalue weighted by Gasteiger charge is 2.24. The van der Waals surface area contributed by atoms with Crippen LogP contribution in [0.25, 0.3) is 0 Å². The zero-order chi connectivity index (χ0) is 18.4. The third kappa shape index (κ3) is 5.02. The van der Waals surface area contributed by atoms with Gasteiger partial charge in [-0.05, 0) is 44.3 Å². The lowest BCUT2D eigenvalue weighted by Gasteiger charge is -2.33. The molecule has 1 unspecified atom stereocenters. The number of aromatic nitrogens is 2. The normalized spacial score (nSPS) is 17.8. The van der Waals surface area contributed by atoms with Gasteiger partial charge >= 0.3 is 0 Å². The molecule has 0 radical (unpaired) electrons. The summed E-state index contributed by atoms with van der Waals surface area (Å²) in [4.78, 5) is 35.0. The van der Waals surface area contributed by atoms with Crippen LogP contribution in [0.5, 0.6) is 0 Å². The summed E-state index contributed by atoms with van der Waals surface area (Å²) in [5, 5.41) is 0. The first kappa shape index (κ1) is 18.3. The molecule has 1 saturated heterocycles. The van der Waals surface area contributed by atoms with E-state index in [-0.39, 0.29) is 11.5 Å². The maximum absolute atomic E-state index is 13.0. The van der Waals surface area contributed by atoms with Crippen LogP contribution < -0.4 is 5.56 Å². The number of hydrogen-bond acceptors (Lipinski definition) is 4. The molecule has 1 fully saturated rings. The van der Waals surface area contributed by atoms with Crippen LogP contribution in [0.15, 0.2) is 47.5 Å². The van der Waals surface area contributed by atoms with Gasteiger partial charge in [0.25, 0.3) is 11.5 Å². The molecule has 1 aromatic heterocycles. The van der Waals surface area contributed by atoms with Gasteiger partial charge in [-0.15, -0.1) is 0 Å². The summed E-state index contributed by atoms with van der Waals surface area (Å²) in [6.45, 7) is 3.49. The van der Waals surface area contributed by atoms with E-state index >= 15 is 0 Å². The van der Waals surface area contributed by atoms with Gasteiger partial charge in [-0.3, -0.25) is 9.59 Å². The van der Waals surface area contributed by atoms with Crippen LogP contribution in [0.3, 0.4) is 0 Å². The van der Waals surface area contributed by atoms with Gasteiger partial charge in [-0.2, -0.15) is 0 Å². The van der Waals surface area contributed by atoms with Crippen molar-refractivity contribution in [1.29, 1.82) is 0 Å². The smallest absolute Gasteiger partial charge is 0.273 e. The first-order valence-corrected chi connectivity index (χ1v) is 9.18. The Balaban J connectivity index is 1.72. The summed E-state index contributed by atoms with van der Waals surface area (Å²) >= 11 is 0. The number of nitrogens with zero attached hydrogens (tertiary/aromatic N) is 3. The largest absolute Gasteiger partial charge is 0.337 e. The summed E-state index contributed by atoms with van der Waals surface area (Å²) in [6, 6.07) is 10.2. The van der Waals surface area contributed by atoms with Gasteiger partial charge in [0.1, 0.15) is 5.69 Å². The summed E-state index contributed by atoms with van der Waals surface area (Å²) in [6.07, 6.45) is 5.68. The fourth-order valence-corrected chi connectivity index (χ4v) is 3.54. The minimum absolute atomic E-state index is 0.120. The molecule has 138 valence electrons. The number of carbonyl (C=O) groups is 1. The van der Waals surface area contributed by atoms with Gasteiger partial charge in [-0.1, -0.05) is 30.3 Å². The number of rotatable bonds is 6. The van der Waals surface area contributed by atoms with Crippen molar-refractivity contribution >= 4 is 5.91 Å². The van der Waals surface area contributed by atoms with E-state index in [2.05, 4.69) is 34.0 Å². The molecule has 0 bridgehead atoms. The van der Waals surface area contributed by atoms with Gasteiger partial charge in [0.15, 0.2) is 0 Å². The van der Waals surface area contributed by atoms with Crippen LogP contribution in [0, 0.1) is 5.92 Å². The van der Waals surface area contributed by atoms with Crippen LogP contribution in [0.4, 0.5) is 0 Å². The maximum atomic E-state index is 13.0. The molecule has 3 rings (SSSR count). The summed E-state index contributed by atoms with van der Waals surface area (Å²) < 4.78 is 0. The highest BCUT2D eigenvalue weighted by molar-refractivity contribution is 5.92. The molecule has 6 nitrogen and oxygen atoms in total. The first-order valence-electron chi connectivity index (χ1n) is 9.18. The minimum Gasteiger partial charge on any atom is -0.337 e. The number of carbonyl (C=O) groups excluding carboxylic acids is 1. The predicted molar refractivity (Wildman–Crippen MR) is 101 cm³/mol. The molecule has 1 aliphatic rings. The molecule has 0 saturated carbocycles. The van der Waals surface area contributed by atoms with E-state index < -0.39 is 0 Å². The molecule has 1 N–H and O–H groups in total. The number of amides is 1. The van der Waals surface area contributed by atoms with Crippen molar-refractivity contribution < 1.29 is 4.79 Å². The zero-order valence-corrected chi connectivity index (χ0v) is 15.2.